The van der Waals surface area contributed by atoms with Crippen molar-refractivity contribution in [2.24, 2.45) is 5.73 Å². The van der Waals surface area contributed by atoms with Crippen LogP contribution in [0.2, 0.25) is 5.02 Å². The van der Waals surface area contributed by atoms with Crippen LogP contribution in [0, 0.1) is 5.82 Å². The molecule has 0 bridgehead atoms. The van der Waals surface area contributed by atoms with E-state index in [-0.39, 0.29) is 11.9 Å². The Labute approximate surface area is 105 Å². The van der Waals surface area contributed by atoms with E-state index in [0.717, 1.165) is 11.1 Å². The summed E-state index contributed by atoms with van der Waals surface area (Å²) in [5, 5.41) is 0.648. The Morgan fingerprint density at radius 3 is 2.53 bits per heavy atom. The van der Waals surface area contributed by atoms with Crippen molar-refractivity contribution in [2.75, 3.05) is 0 Å². The Morgan fingerprint density at radius 1 is 1.18 bits per heavy atom. The minimum Gasteiger partial charge on any atom is -0.324 e. The van der Waals surface area contributed by atoms with Gasteiger partial charge in [0.15, 0.2) is 0 Å². The molecule has 1 atom stereocenters. The van der Waals surface area contributed by atoms with Gasteiger partial charge in [-0.3, -0.25) is 0 Å². The number of benzene rings is 2. The first-order valence-corrected chi connectivity index (χ1v) is 5.77. The Hall–Kier alpha value is -1.38. The lowest BCUT2D eigenvalue weighted by Crippen LogP contribution is -2.07. The van der Waals surface area contributed by atoms with Gasteiger partial charge in [0.05, 0.1) is 0 Å². The summed E-state index contributed by atoms with van der Waals surface area (Å²) in [7, 11) is 0. The Balaban J connectivity index is 2.54. The van der Waals surface area contributed by atoms with Gasteiger partial charge in [-0.1, -0.05) is 35.9 Å². The highest BCUT2D eigenvalue weighted by Gasteiger charge is 2.10. The van der Waals surface area contributed by atoms with E-state index >= 15 is 0 Å². The SMILES string of the molecule is CC(N)c1cc(-c2ccccc2Cl)ccc1F. The van der Waals surface area contributed by atoms with Gasteiger partial charge in [0.2, 0.25) is 0 Å². The van der Waals surface area contributed by atoms with Crippen molar-refractivity contribution in [1.82, 2.24) is 0 Å². The van der Waals surface area contributed by atoms with Crippen LogP contribution in [0.15, 0.2) is 42.5 Å². The largest absolute Gasteiger partial charge is 0.324 e. The Bertz CT molecular complexity index is 537. The van der Waals surface area contributed by atoms with Gasteiger partial charge < -0.3 is 5.73 Å². The van der Waals surface area contributed by atoms with E-state index in [1.165, 1.54) is 6.07 Å². The van der Waals surface area contributed by atoms with Gasteiger partial charge in [0.25, 0.3) is 0 Å². The van der Waals surface area contributed by atoms with E-state index in [9.17, 15) is 4.39 Å². The molecule has 2 N–H and O–H groups in total. The van der Waals surface area contributed by atoms with Crippen molar-refractivity contribution in [3.63, 3.8) is 0 Å². The fourth-order valence-electron chi connectivity index (χ4n) is 1.76. The standard InChI is InChI=1S/C14H13ClFN/c1-9(17)12-8-10(6-7-14(12)16)11-4-2-3-5-13(11)15/h2-9H,17H2,1H3. The summed E-state index contributed by atoms with van der Waals surface area (Å²) in [6, 6.07) is 12.0. The second-order valence-corrected chi connectivity index (χ2v) is 4.41. The third-order valence-corrected chi connectivity index (χ3v) is 3.00. The molecule has 2 rings (SSSR count). The van der Waals surface area contributed by atoms with Crippen LogP contribution in [0.3, 0.4) is 0 Å². The summed E-state index contributed by atoms with van der Waals surface area (Å²) >= 11 is 6.11. The molecule has 88 valence electrons. The molecule has 17 heavy (non-hydrogen) atoms. The summed E-state index contributed by atoms with van der Waals surface area (Å²) in [6.45, 7) is 1.76. The maximum Gasteiger partial charge on any atom is 0.128 e. The molecular formula is C14H13ClFN. The van der Waals surface area contributed by atoms with Crippen molar-refractivity contribution in [1.29, 1.82) is 0 Å². The topological polar surface area (TPSA) is 26.0 Å². The Kier molecular flexibility index (Phi) is 3.46. The molecular weight excluding hydrogens is 237 g/mol. The maximum absolute atomic E-state index is 13.5. The van der Waals surface area contributed by atoms with Gasteiger partial charge in [-0.25, -0.2) is 4.39 Å². The molecule has 1 nitrogen and oxygen atoms in total. The number of hydrogen-bond donors (Lipinski definition) is 1. The van der Waals surface area contributed by atoms with Gasteiger partial charge in [-0.15, -0.1) is 0 Å². The Morgan fingerprint density at radius 2 is 1.88 bits per heavy atom. The van der Waals surface area contributed by atoms with Crippen LogP contribution in [-0.2, 0) is 0 Å². The normalized spacial score (nSPS) is 12.5. The van der Waals surface area contributed by atoms with E-state index in [1.807, 2.05) is 24.3 Å². The van der Waals surface area contributed by atoms with Crippen LogP contribution < -0.4 is 5.73 Å². The molecule has 3 heteroatoms. The van der Waals surface area contributed by atoms with E-state index in [4.69, 9.17) is 17.3 Å². The molecule has 0 fully saturated rings. The molecule has 0 spiro atoms. The summed E-state index contributed by atoms with van der Waals surface area (Å²) < 4.78 is 13.5. The third kappa shape index (κ3) is 2.48. The van der Waals surface area contributed by atoms with Gasteiger partial charge >= 0.3 is 0 Å². The molecule has 0 aromatic heterocycles. The molecule has 2 aromatic rings. The molecule has 0 aliphatic carbocycles. The van der Waals surface area contributed by atoms with Crippen molar-refractivity contribution in [2.45, 2.75) is 13.0 Å². The predicted molar refractivity (Wildman–Crippen MR) is 69.4 cm³/mol. The summed E-state index contributed by atoms with van der Waals surface area (Å²) in [4.78, 5) is 0. The second kappa shape index (κ2) is 4.86. The number of halogens is 2. The lowest BCUT2D eigenvalue weighted by atomic mass is 10.00. The first-order chi connectivity index (χ1) is 8.09. The fraction of sp³-hybridized carbons (Fsp3) is 0.143. The second-order valence-electron chi connectivity index (χ2n) is 4.00. The average Bonchev–Trinajstić information content (AvgIpc) is 2.30. The first kappa shape index (κ1) is 12.1. The van der Waals surface area contributed by atoms with Crippen LogP contribution in [-0.4, -0.2) is 0 Å². The minimum atomic E-state index is -0.336. The van der Waals surface area contributed by atoms with Crippen LogP contribution in [0.5, 0.6) is 0 Å². The first-order valence-electron chi connectivity index (χ1n) is 5.39. The zero-order valence-corrected chi connectivity index (χ0v) is 10.2. The molecule has 0 aliphatic rings. The predicted octanol–water partition coefficient (Wildman–Crippen LogP) is 4.17. The number of hydrogen-bond acceptors (Lipinski definition) is 1. The smallest absolute Gasteiger partial charge is 0.128 e. The quantitative estimate of drug-likeness (QED) is 0.850. The van der Waals surface area contributed by atoms with Gasteiger partial charge in [0, 0.05) is 22.2 Å². The number of rotatable bonds is 2. The fourth-order valence-corrected chi connectivity index (χ4v) is 2.00. The van der Waals surface area contributed by atoms with E-state index in [1.54, 1.807) is 19.1 Å². The van der Waals surface area contributed by atoms with Crippen LogP contribution in [0.1, 0.15) is 18.5 Å². The molecule has 0 aliphatic heterocycles. The highest BCUT2D eigenvalue weighted by atomic mass is 35.5. The van der Waals surface area contributed by atoms with Crippen LogP contribution in [0.25, 0.3) is 11.1 Å². The van der Waals surface area contributed by atoms with E-state index < -0.39 is 0 Å². The summed E-state index contributed by atoms with van der Waals surface area (Å²) in [6.07, 6.45) is 0. The van der Waals surface area contributed by atoms with Gasteiger partial charge in [-0.2, -0.15) is 0 Å². The van der Waals surface area contributed by atoms with Crippen LogP contribution in [0.4, 0.5) is 4.39 Å². The minimum absolute atomic E-state index is 0.282. The molecule has 1 unspecified atom stereocenters. The van der Waals surface area contributed by atoms with Crippen molar-refractivity contribution < 1.29 is 4.39 Å². The highest BCUT2D eigenvalue weighted by molar-refractivity contribution is 6.33. The maximum atomic E-state index is 13.5. The van der Waals surface area contributed by atoms with Crippen LogP contribution >= 0.6 is 11.6 Å². The summed E-state index contributed by atoms with van der Waals surface area (Å²) in [5.74, 6) is -0.282. The van der Waals surface area contributed by atoms with Crippen molar-refractivity contribution in [3.8, 4) is 11.1 Å². The molecule has 0 amide bonds. The number of nitrogens with two attached hydrogens (primary N) is 1. The lowest BCUT2D eigenvalue weighted by molar-refractivity contribution is 0.594. The third-order valence-electron chi connectivity index (χ3n) is 2.67. The molecule has 0 saturated heterocycles. The molecule has 2 aromatic carbocycles. The highest BCUT2D eigenvalue weighted by Crippen LogP contribution is 2.29. The summed E-state index contributed by atoms with van der Waals surface area (Å²) in [5.41, 5.74) is 7.99. The molecule has 0 saturated carbocycles. The van der Waals surface area contributed by atoms with Crippen molar-refractivity contribution in [3.05, 3.63) is 58.9 Å². The lowest BCUT2D eigenvalue weighted by Gasteiger charge is -2.10. The zero-order chi connectivity index (χ0) is 12.4. The molecule has 0 heterocycles. The average molecular weight is 250 g/mol. The van der Waals surface area contributed by atoms with Crippen molar-refractivity contribution >= 4 is 11.6 Å². The van der Waals surface area contributed by atoms with E-state index in [0.29, 0.717) is 10.6 Å². The monoisotopic (exact) mass is 249 g/mol. The van der Waals surface area contributed by atoms with Gasteiger partial charge in [-0.05, 0) is 30.7 Å². The molecule has 0 radical (unpaired) electrons. The zero-order valence-electron chi connectivity index (χ0n) is 9.45. The van der Waals surface area contributed by atoms with Gasteiger partial charge in [0.1, 0.15) is 5.82 Å². The van der Waals surface area contributed by atoms with E-state index in [2.05, 4.69) is 0 Å².